The Balaban J connectivity index is 2.34. The number of morpholine rings is 1. The molecular weight excluding hydrogens is 200 g/mol. The van der Waals surface area contributed by atoms with E-state index in [2.05, 4.69) is 5.32 Å². The van der Waals surface area contributed by atoms with E-state index < -0.39 is 17.9 Å². The average Bonchev–Trinajstić information content (AvgIpc) is 2.26. The van der Waals surface area contributed by atoms with Crippen LogP contribution in [0.15, 0.2) is 0 Å². The smallest absolute Gasteiger partial charge is 0.312 e. The van der Waals surface area contributed by atoms with E-state index in [1.165, 1.54) is 4.90 Å². The quantitative estimate of drug-likeness (QED) is 0.542. The lowest BCUT2D eigenvalue weighted by atomic mass is 10.3. The Bertz CT molecular complexity index is 236. The summed E-state index contributed by atoms with van der Waals surface area (Å²) in [4.78, 5) is 24.2. The molecule has 1 rings (SSSR count). The monoisotopic (exact) mass is 216 g/mol. The second-order valence-corrected chi connectivity index (χ2v) is 3.46. The van der Waals surface area contributed by atoms with Gasteiger partial charge in [0.25, 0.3) is 0 Å². The number of aliphatic hydroxyl groups excluding tert-OH is 1. The zero-order valence-electron chi connectivity index (χ0n) is 8.73. The fourth-order valence-corrected chi connectivity index (χ4v) is 1.23. The van der Waals surface area contributed by atoms with Crippen molar-refractivity contribution in [2.24, 2.45) is 0 Å². The van der Waals surface area contributed by atoms with Crippen molar-refractivity contribution in [1.82, 2.24) is 10.2 Å². The second kappa shape index (κ2) is 5.67. The third-order valence-electron chi connectivity index (χ3n) is 2.05. The van der Waals surface area contributed by atoms with Crippen molar-refractivity contribution in [3.8, 4) is 0 Å². The summed E-state index contributed by atoms with van der Waals surface area (Å²) in [7, 11) is 0. The molecule has 1 fully saturated rings. The van der Waals surface area contributed by atoms with Crippen molar-refractivity contribution < 1.29 is 19.4 Å². The maximum atomic E-state index is 11.5. The molecule has 2 N–H and O–H groups in total. The Morgan fingerprint density at radius 3 is 2.60 bits per heavy atom. The van der Waals surface area contributed by atoms with Gasteiger partial charge in [-0.2, -0.15) is 0 Å². The van der Waals surface area contributed by atoms with Gasteiger partial charge in [0.05, 0.1) is 19.3 Å². The molecule has 1 atom stereocenters. The van der Waals surface area contributed by atoms with Gasteiger partial charge in [-0.15, -0.1) is 0 Å². The molecule has 1 unspecified atom stereocenters. The summed E-state index contributed by atoms with van der Waals surface area (Å²) in [6.07, 6.45) is -0.647. The molecular formula is C9H16N2O4. The summed E-state index contributed by atoms with van der Waals surface area (Å²) in [5, 5.41) is 11.3. The first kappa shape index (κ1) is 11.9. The number of hydrogen-bond donors (Lipinski definition) is 2. The molecule has 0 spiro atoms. The topological polar surface area (TPSA) is 78.9 Å². The van der Waals surface area contributed by atoms with Crippen LogP contribution < -0.4 is 5.32 Å². The van der Waals surface area contributed by atoms with Crippen LogP contribution in [0, 0.1) is 0 Å². The van der Waals surface area contributed by atoms with Gasteiger partial charge in [0.2, 0.25) is 0 Å². The number of hydrogen-bond acceptors (Lipinski definition) is 4. The minimum absolute atomic E-state index is 0.0922. The Hall–Kier alpha value is -1.14. The van der Waals surface area contributed by atoms with E-state index in [9.17, 15) is 9.59 Å². The molecule has 1 aliphatic heterocycles. The van der Waals surface area contributed by atoms with Crippen molar-refractivity contribution >= 4 is 11.8 Å². The van der Waals surface area contributed by atoms with Gasteiger partial charge in [0.1, 0.15) is 0 Å². The molecule has 2 amide bonds. The van der Waals surface area contributed by atoms with E-state index in [-0.39, 0.29) is 6.54 Å². The molecule has 1 heterocycles. The maximum Gasteiger partial charge on any atom is 0.312 e. The van der Waals surface area contributed by atoms with Crippen LogP contribution in [-0.4, -0.2) is 60.8 Å². The van der Waals surface area contributed by atoms with E-state index in [0.29, 0.717) is 26.3 Å². The van der Waals surface area contributed by atoms with Crippen molar-refractivity contribution in [3.63, 3.8) is 0 Å². The summed E-state index contributed by atoms with van der Waals surface area (Å²) in [5.74, 6) is -1.23. The van der Waals surface area contributed by atoms with Gasteiger partial charge >= 0.3 is 11.8 Å². The van der Waals surface area contributed by atoms with Gasteiger partial charge in [-0.25, -0.2) is 0 Å². The molecule has 6 nitrogen and oxygen atoms in total. The van der Waals surface area contributed by atoms with E-state index in [1.807, 2.05) is 0 Å². The number of carbonyl (C=O) groups is 2. The summed E-state index contributed by atoms with van der Waals surface area (Å²) < 4.78 is 5.06. The molecule has 0 aromatic heterocycles. The normalized spacial score (nSPS) is 18.4. The third kappa shape index (κ3) is 3.85. The number of carbonyl (C=O) groups excluding carboxylic acids is 2. The van der Waals surface area contributed by atoms with Gasteiger partial charge in [0.15, 0.2) is 0 Å². The lowest BCUT2D eigenvalue weighted by molar-refractivity contribution is -0.148. The van der Waals surface area contributed by atoms with E-state index in [1.54, 1.807) is 6.92 Å². The van der Waals surface area contributed by atoms with Crippen molar-refractivity contribution in [3.05, 3.63) is 0 Å². The number of ether oxygens (including phenoxy) is 1. The molecule has 0 radical (unpaired) electrons. The van der Waals surface area contributed by atoms with Crippen molar-refractivity contribution in [2.45, 2.75) is 13.0 Å². The summed E-state index contributed by atoms with van der Waals surface area (Å²) in [6, 6.07) is 0. The summed E-state index contributed by atoms with van der Waals surface area (Å²) in [6.45, 7) is 3.46. The number of amides is 2. The van der Waals surface area contributed by atoms with Crippen LogP contribution in [0.2, 0.25) is 0 Å². The van der Waals surface area contributed by atoms with Gasteiger partial charge in [-0.05, 0) is 6.92 Å². The molecule has 0 aromatic rings. The molecule has 0 saturated carbocycles. The van der Waals surface area contributed by atoms with E-state index in [4.69, 9.17) is 9.84 Å². The first-order valence-electron chi connectivity index (χ1n) is 4.94. The van der Waals surface area contributed by atoms with E-state index >= 15 is 0 Å². The van der Waals surface area contributed by atoms with Crippen LogP contribution in [0.4, 0.5) is 0 Å². The van der Waals surface area contributed by atoms with E-state index in [0.717, 1.165) is 0 Å². The molecule has 1 aliphatic rings. The molecule has 15 heavy (non-hydrogen) atoms. The fourth-order valence-electron chi connectivity index (χ4n) is 1.23. The zero-order valence-corrected chi connectivity index (χ0v) is 8.73. The maximum absolute atomic E-state index is 11.5. The SMILES string of the molecule is CC(O)CNC(=O)C(=O)N1CCOCC1. The fraction of sp³-hybridized carbons (Fsp3) is 0.778. The van der Waals surface area contributed by atoms with Crippen LogP contribution >= 0.6 is 0 Å². The number of rotatable bonds is 2. The summed E-state index contributed by atoms with van der Waals surface area (Å²) in [5.41, 5.74) is 0. The second-order valence-electron chi connectivity index (χ2n) is 3.46. The average molecular weight is 216 g/mol. The van der Waals surface area contributed by atoms with Crippen LogP contribution in [0.3, 0.4) is 0 Å². The molecule has 0 aromatic carbocycles. The van der Waals surface area contributed by atoms with Crippen LogP contribution in [0.25, 0.3) is 0 Å². The van der Waals surface area contributed by atoms with Gasteiger partial charge in [-0.3, -0.25) is 9.59 Å². The highest BCUT2D eigenvalue weighted by Gasteiger charge is 2.23. The summed E-state index contributed by atoms with van der Waals surface area (Å²) >= 11 is 0. The van der Waals surface area contributed by atoms with Crippen LogP contribution in [0.5, 0.6) is 0 Å². The lowest BCUT2D eigenvalue weighted by Crippen LogP contribution is -2.48. The van der Waals surface area contributed by atoms with Gasteiger partial charge < -0.3 is 20.1 Å². The number of aliphatic hydroxyl groups is 1. The zero-order chi connectivity index (χ0) is 11.3. The van der Waals surface area contributed by atoms with Crippen molar-refractivity contribution in [2.75, 3.05) is 32.8 Å². The molecule has 0 aliphatic carbocycles. The minimum atomic E-state index is -0.669. The Labute approximate surface area is 88.2 Å². The Morgan fingerprint density at radius 1 is 1.47 bits per heavy atom. The molecule has 86 valence electrons. The van der Waals surface area contributed by atoms with Gasteiger partial charge in [0, 0.05) is 19.6 Å². The first-order valence-corrected chi connectivity index (χ1v) is 4.94. The Kier molecular flexibility index (Phi) is 4.51. The highest BCUT2D eigenvalue weighted by atomic mass is 16.5. The highest BCUT2D eigenvalue weighted by molar-refractivity contribution is 6.35. The predicted octanol–water partition coefficient (Wildman–Crippen LogP) is -1.66. The van der Waals surface area contributed by atoms with Gasteiger partial charge in [-0.1, -0.05) is 0 Å². The van der Waals surface area contributed by atoms with Crippen molar-refractivity contribution in [1.29, 1.82) is 0 Å². The van der Waals surface area contributed by atoms with Crippen LogP contribution in [0.1, 0.15) is 6.92 Å². The highest BCUT2D eigenvalue weighted by Crippen LogP contribution is 1.97. The molecule has 1 saturated heterocycles. The molecule has 6 heteroatoms. The predicted molar refractivity (Wildman–Crippen MR) is 52.1 cm³/mol. The van der Waals surface area contributed by atoms with Crippen LogP contribution in [-0.2, 0) is 14.3 Å². The molecule has 0 bridgehead atoms. The lowest BCUT2D eigenvalue weighted by Gasteiger charge is -2.26. The standard InChI is InChI=1S/C9H16N2O4/c1-7(12)6-10-8(13)9(14)11-2-4-15-5-3-11/h7,12H,2-6H2,1H3,(H,10,13). The minimum Gasteiger partial charge on any atom is -0.392 e. The first-order chi connectivity index (χ1) is 7.11. The Morgan fingerprint density at radius 2 is 2.07 bits per heavy atom. The number of nitrogens with one attached hydrogen (secondary N) is 1. The largest absolute Gasteiger partial charge is 0.392 e. The number of nitrogens with zero attached hydrogens (tertiary/aromatic N) is 1. The third-order valence-corrected chi connectivity index (χ3v) is 2.05.